The summed E-state index contributed by atoms with van der Waals surface area (Å²) in [6.07, 6.45) is 10.7. The molecule has 1 atom stereocenters. The molecule has 2 aliphatic heterocycles. The van der Waals surface area contributed by atoms with E-state index in [4.69, 9.17) is 15.7 Å². The molecule has 9 nitrogen and oxygen atoms in total. The number of aromatic nitrogens is 6. The van der Waals surface area contributed by atoms with Crippen LogP contribution in [0.5, 0.6) is 0 Å². The van der Waals surface area contributed by atoms with Gasteiger partial charge in [0.25, 0.3) is 0 Å². The fraction of sp³-hybridized carbons (Fsp3) is 0.400. The second-order valence-corrected chi connectivity index (χ2v) is 9.75. The molecule has 1 unspecified atom stereocenters. The van der Waals surface area contributed by atoms with Gasteiger partial charge in [-0.2, -0.15) is 5.10 Å². The number of anilines is 3. The van der Waals surface area contributed by atoms with Gasteiger partial charge in [-0.3, -0.25) is 15.1 Å². The Morgan fingerprint density at radius 1 is 1.03 bits per heavy atom. The summed E-state index contributed by atoms with van der Waals surface area (Å²) in [6.45, 7) is 2.72. The van der Waals surface area contributed by atoms with Crippen LogP contribution < -0.4 is 15.5 Å². The first-order chi connectivity index (χ1) is 16.7. The van der Waals surface area contributed by atoms with Gasteiger partial charge in [0.2, 0.25) is 0 Å². The van der Waals surface area contributed by atoms with Gasteiger partial charge in [-0.1, -0.05) is 6.07 Å². The van der Waals surface area contributed by atoms with Crippen LogP contribution in [0, 0.1) is 5.41 Å². The monoisotopic (exact) mass is 453 g/mol. The third-order valence-electron chi connectivity index (χ3n) is 7.95. The highest BCUT2D eigenvalue weighted by Gasteiger charge is 2.46. The highest BCUT2D eigenvalue weighted by molar-refractivity contribution is 5.87. The molecular formula is C25H27N9. The predicted octanol–water partition coefficient (Wildman–Crippen LogP) is 3.07. The Morgan fingerprint density at radius 2 is 1.88 bits per heavy atom. The van der Waals surface area contributed by atoms with Crippen LogP contribution in [0.3, 0.4) is 0 Å². The van der Waals surface area contributed by atoms with E-state index in [0.717, 1.165) is 91.6 Å². The van der Waals surface area contributed by atoms with E-state index >= 15 is 0 Å². The Balaban J connectivity index is 1.13. The van der Waals surface area contributed by atoms with Crippen LogP contribution in [-0.4, -0.2) is 49.8 Å². The minimum atomic E-state index is 0.0106. The van der Waals surface area contributed by atoms with E-state index in [1.807, 2.05) is 30.7 Å². The summed E-state index contributed by atoms with van der Waals surface area (Å²) in [5.74, 6) is 1.71. The minimum Gasteiger partial charge on any atom is -0.355 e. The van der Waals surface area contributed by atoms with Crippen molar-refractivity contribution in [1.82, 2.24) is 30.1 Å². The number of H-pyrrole nitrogens is 1. The average molecular weight is 454 g/mol. The second-order valence-electron chi connectivity index (χ2n) is 9.75. The normalized spacial score (nSPS) is 21.1. The summed E-state index contributed by atoms with van der Waals surface area (Å²) in [5.41, 5.74) is 12.9. The molecule has 6 heterocycles. The topological polar surface area (TPSA) is 113 Å². The number of nitrogens with zero attached hydrogens (tertiary/aromatic N) is 7. The third kappa shape index (κ3) is 2.93. The van der Waals surface area contributed by atoms with Crippen molar-refractivity contribution in [3.8, 4) is 0 Å². The smallest absolute Gasteiger partial charge is 0.183 e. The maximum atomic E-state index is 6.69. The molecule has 3 aliphatic rings. The molecule has 0 bridgehead atoms. The van der Waals surface area contributed by atoms with Crippen molar-refractivity contribution >= 4 is 28.5 Å². The van der Waals surface area contributed by atoms with E-state index in [1.165, 1.54) is 5.56 Å². The first kappa shape index (κ1) is 19.8. The lowest BCUT2D eigenvalue weighted by Gasteiger charge is -2.42. The average Bonchev–Trinajstić information content (AvgIpc) is 3.43. The van der Waals surface area contributed by atoms with Crippen LogP contribution in [0.2, 0.25) is 0 Å². The van der Waals surface area contributed by atoms with Gasteiger partial charge >= 0.3 is 0 Å². The molecule has 34 heavy (non-hydrogen) atoms. The van der Waals surface area contributed by atoms with Crippen LogP contribution in [0.25, 0.3) is 11.2 Å². The molecule has 9 heteroatoms. The molecule has 1 aliphatic carbocycles. The van der Waals surface area contributed by atoms with Crippen LogP contribution in [0.15, 0.2) is 42.9 Å². The van der Waals surface area contributed by atoms with Crippen molar-refractivity contribution in [1.29, 1.82) is 0 Å². The summed E-state index contributed by atoms with van der Waals surface area (Å²) in [5, 5.41) is 7.72. The molecule has 0 amide bonds. The van der Waals surface area contributed by atoms with Crippen LogP contribution in [0.1, 0.15) is 42.3 Å². The molecule has 4 aromatic heterocycles. The van der Waals surface area contributed by atoms with Gasteiger partial charge in [0.15, 0.2) is 17.0 Å². The predicted molar refractivity (Wildman–Crippen MR) is 130 cm³/mol. The summed E-state index contributed by atoms with van der Waals surface area (Å²) in [7, 11) is 0. The lowest BCUT2D eigenvalue weighted by atomic mass is 9.73. The molecule has 1 fully saturated rings. The number of rotatable bonds is 2. The standard InChI is InChI=1S/C25H27N9/c26-22-20-16(4-1-10-28-20)14-25(22)7-12-33(13-8-25)19-15-29-21-23(30-19)31-32-24(21)34-11-3-5-17-18(34)6-2-9-27-17/h1-2,4,6,9-10,15,22H,3,5,7-8,11-14,26H2,(H,30,31,32). The first-order valence-electron chi connectivity index (χ1n) is 12.1. The number of hydrogen-bond donors (Lipinski definition) is 2. The summed E-state index contributed by atoms with van der Waals surface area (Å²) in [4.78, 5) is 23.4. The highest BCUT2D eigenvalue weighted by atomic mass is 15.3. The lowest BCUT2D eigenvalue weighted by molar-refractivity contribution is 0.186. The van der Waals surface area contributed by atoms with Crippen molar-refractivity contribution in [2.45, 2.75) is 38.1 Å². The molecule has 4 aromatic rings. The number of fused-ring (bicyclic) bond motifs is 3. The van der Waals surface area contributed by atoms with Crippen molar-refractivity contribution in [2.75, 3.05) is 29.4 Å². The number of aryl methyl sites for hydroxylation is 1. The second kappa shape index (κ2) is 7.46. The maximum absolute atomic E-state index is 6.69. The van der Waals surface area contributed by atoms with Gasteiger partial charge in [-0.25, -0.2) is 9.97 Å². The van der Waals surface area contributed by atoms with Gasteiger partial charge in [0.1, 0.15) is 5.82 Å². The fourth-order valence-corrected chi connectivity index (χ4v) is 6.06. The van der Waals surface area contributed by atoms with Crippen molar-refractivity contribution < 1.29 is 0 Å². The minimum absolute atomic E-state index is 0.0106. The molecule has 1 spiro atoms. The number of pyridine rings is 2. The van der Waals surface area contributed by atoms with Crippen molar-refractivity contribution in [2.24, 2.45) is 11.1 Å². The quantitative estimate of drug-likeness (QED) is 0.476. The number of aromatic amines is 1. The SMILES string of the molecule is NC1c2ncccc2CC12CCN(c1cnc3c(N4CCCc5ncccc54)n[nH]c3n1)CC2. The van der Waals surface area contributed by atoms with Gasteiger partial charge in [0.05, 0.1) is 29.3 Å². The summed E-state index contributed by atoms with van der Waals surface area (Å²) in [6, 6.07) is 8.28. The maximum Gasteiger partial charge on any atom is 0.183 e. The zero-order chi connectivity index (χ0) is 22.7. The molecular weight excluding hydrogens is 426 g/mol. The summed E-state index contributed by atoms with van der Waals surface area (Å²) >= 11 is 0. The molecule has 7 rings (SSSR count). The molecule has 3 N–H and O–H groups in total. The van der Waals surface area contributed by atoms with E-state index in [2.05, 4.69) is 42.1 Å². The van der Waals surface area contributed by atoms with Gasteiger partial charge in [0, 0.05) is 32.0 Å². The Kier molecular flexibility index (Phi) is 4.35. The van der Waals surface area contributed by atoms with Crippen molar-refractivity contribution in [3.05, 3.63) is 59.8 Å². The number of nitrogens with two attached hydrogens (primary N) is 1. The third-order valence-corrected chi connectivity index (χ3v) is 7.95. The first-order valence-corrected chi connectivity index (χ1v) is 12.1. The van der Waals surface area contributed by atoms with E-state index < -0.39 is 0 Å². The molecule has 0 aromatic carbocycles. The number of nitrogens with one attached hydrogen (secondary N) is 1. The zero-order valence-electron chi connectivity index (χ0n) is 19.0. The Morgan fingerprint density at radius 3 is 2.76 bits per heavy atom. The Bertz CT molecular complexity index is 1370. The molecule has 0 radical (unpaired) electrons. The Hall–Kier alpha value is -3.59. The van der Waals surface area contributed by atoms with E-state index in [-0.39, 0.29) is 11.5 Å². The number of piperidine rings is 1. The summed E-state index contributed by atoms with van der Waals surface area (Å²) < 4.78 is 0. The largest absolute Gasteiger partial charge is 0.355 e. The Labute approximate surface area is 197 Å². The zero-order valence-corrected chi connectivity index (χ0v) is 19.0. The molecule has 1 saturated heterocycles. The van der Waals surface area contributed by atoms with Crippen LogP contribution >= 0.6 is 0 Å². The van der Waals surface area contributed by atoms with Crippen molar-refractivity contribution in [3.63, 3.8) is 0 Å². The number of hydrogen-bond acceptors (Lipinski definition) is 8. The fourth-order valence-electron chi connectivity index (χ4n) is 6.06. The molecule has 0 saturated carbocycles. The van der Waals surface area contributed by atoms with E-state index in [0.29, 0.717) is 0 Å². The van der Waals surface area contributed by atoms with Crippen LogP contribution in [0.4, 0.5) is 17.3 Å². The van der Waals surface area contributed by atoms with E-state index in [1.54, 1.807) is 0 Å². The van der Waals surface area contributed by atoms with Gasteiger partial charge in [-0.15, -0.1) is 0 Å². The van der Waals surface area contributed by atoms with E-state index in [9.17, 15) is 0 Å². The van der Waals surface area contributed by atoms with Gasteiger partial charge in [-0.05, 0) is 61.3 Å². The molecule has 172 valence electrons. The highest BCUT2D eigenvalue weighted by Crippen LogP contribution is 2.50. The lowest BCUT2D eigenvalue weighted by Crippen LogP contribution is -2.44. The van der Waals surface area contributed by atoms with Gasteiger partial charge < -0.3 is 15.5 Å². The van der Waals surface area contributed by atoms with Crippen LogP contribution in [-0.2, 0) is 12.8 Å².